The van der Waals surface area contributed by atoms with Crippen LogP contribution < -0.4 is 15.4 Å². The Morgan fingerprint density at radius 1 is 1.17 bits per heavy atom. The highest BCUT2D eigenvalue weighted by molar-refractivity contribution is 6.33. The quantitative estimate of drug-likeness (QED) is 0.718. The summed E-state index contributed by atoms with van der Waals surface area (Å²) < 4.78 is 41.0. The predicted molar refractivity (Wildman–Crippen MR) is 90.3 cm³/mol. The van der Waals surface area contributed by atoms with Gasteiger partial charge in [0.25, 0.3) is 0 Å². The Morgan fingerprint density at radius 3 is 2.54 bits per heavy atom. The number of anilines is 2. The van der Waals surface area contributed by atoms with Crippen molar-refractivity contribution in [1.29, 1.82) is 0 Å². The smallest absolute Gasteiger partial charge is 0.406 e. The summed E-state index contributed by atoms with van der Waals surface area (Å²) in [6, 6.07) is 11.1. The van der Waals surface area contributed by atoms with Crippen LogP contribution in [-0.4, -0.2) is 12.9 Å². The number of halogens is 4. The van der Waals surface area contributed by atoms with Crippen molar-refractivity contribution < 1.29 is 17.9 Å². The number of benzene rings is 2. The first-order valence-electron chi connectivity index (χ1n) is 7.43. The number of hydrogen-bond acceptors (Lipinski definition) is 3. The van der Waals surface area contributed by atoms with Gasteiger partial charge in [-0.05, 0) is 42.3 Å². The summed E-state index contributed by atoms with van der Waals surface area (Å²) in [5.74, 6) is -0.236. The van der Waals surface area contributed by atoms with Gasteiger partial charge >= 0.3 is 6.36 Å². The van der Waals surface area contributed by atoms with Crippen LogP contribution in [0, 0.1) is 0 Å². The molecule has 2 aromatic rings. The molecule has 0 radical (unpaired) electrons. The van der Waals surface area contributed by atoms with Gasteiger partial charge in [-0.25, -0.2) is 0 Å². The number of alkyl halides is 3. The Hall–Kier alpha value is -2.08. The van der Waals surface area contributed by atoms with E-state index in [2.05, 4.69) is 4.74 Å². The van der Waals surface area contributed by atoms with E-state index in [1.165, 1.54) is 18.2 Å². The van der Waals surface area contributed by atoms with Gasteiger partial charge in [0.15, 0.2) is 0 Å². The number of nitrogens with two attached hydrogens (primary N) is 1. The minimum Gasteiger partial charge on any atom is -0.406 e. The van der Waals surface area contributed by atoms with Crippen LogP contribution in [0.25, 0.3) is 0 Å². The van der Waals surface area contributed by atoms with Crippen molar-refractivity contribution >= 4 is 23.0 Å². The number of nitrogen functional groups attached to an aromatic ring is 1. The van der Waals surface area contributed by atoms with Crippen LogP contribution in [-0.2, 0) is 6.54 Å². The molecule has 0 spiro atoms. The van der Waals surface area contributed by atoms with Gasteiger partial charge in [-0.3, -0.25) is 0 Å². The van der Waals surface area contributed by atoms with Crippen LogP contribution in [0.2, 0.25) is 5.02 Å². The molecule has 0 saturated heterocycles. The van der Waals surface area contributed by atoms with Crippen LogP contribution in [0.5, 0.6) is 5.75 Å². The van der Waals surface area contributed by atoms with E-state index >= 15 is 0 Å². The number of hydrogen-bond donors (Lipinski definition) is 1. The van der Waals surface area contributed by atoms with E-state index in [9.17, 15) is 13.2 Å². The van der Waals surface area contributed by atoms with Crippen molar-refractivity contribution in [2.45, 2.75) is 26.3 Å². The lowest BCUT2D eigenvalue weighted by atomic mass is 10.1. The maximum absolute atomic E-state index is 12.4. The van der Waals surface area contributed by atoms with Gasteiger partial charge in [-0.15, -0.1) is 13.2 Å². The van der Waals surface area contributed by atoms with E-state index in [0.717, 1.165) is 12.1 Å². The SMILES string of the molecule is CCCN(Cc1cccc(OC(F)(F)F)c1)c1ccc(N)cc1Cl. The summed E-state index contributed by atoms with van der Waals surface area (Å²) in [4.78, 5) is 1.99. The maximum Gasteiger partial charge on any atom is 0.573 e. The number of ether oxygens (including phenoxy) is 1. The van der Waals surface area contributed by atoms with Crippen molar-refractivity contribution in [2.24, 2.45) is 0 Å². The van der Waals surface area contributed by atoms with Gasteiger partial charge < -0.3 is 15.4 Å². The zero-order valence-corrected chi connectivity index (χ0v) is 13.9. The molecule has 2 N–H and O–H groups in total. The van der Waals surface area contributed by atoms with E-state index < -0.39 is 6.36 Å². The fraction of sp³-hybridized carbons (Fsp3) is 0.294. The Morgan fingerprint density at radius 2 is 1.92 bits per heavy atom. The molecule has 7 heteroatoms. The van der Waals surface area contributed by atoms with Crippen LogP contribution >= 0.6 is 11.6 Å². The van der Waals surface area contributed by atoms with Gasteiger partial charge in [0.2, 0.25) is 0 Å². The summed E-state index contributed by atoms with van der Waals surface area (Å²) in [6.45, 7) is 3.13. The minimum atomic E-state index is -4.71. The highest BCUT2D eigenvalue weighted by atomic mass is 35.5. The molecule has 0 atom stereocenters. The molecule has 2 rings (SSSR count). The van der Waals surface area contributed by atoms with Crippen molar-refractivity contribution in [3.8, 4) is 5.75 Å². The second-order valence-corrected chi connectivity index (χ2v) is 5.73. The molecule has 0 bridgehead atoms. The molecule has 0 amide bonds. The van der Waals surface area contributed by atoms with Gasteiger partial charge in [0, 0.05) is 18.8 Å². The van der Waals surface area contributed by atoms with Crippen LogP contribution in [0.3, 0.4) is 0 Å². The van der Waals surface area contributed by atoms with Gasteiger partial charge in [-0.2, -0.15) is 0 Å². The van der Waals surface area contributed by atoms with Crippen molar-refractivity contribution in [2.75, 3.05) is 17.2 Å². The summed E-state index contributed by atoms with van der Waals surface area (Å²) in [7, 11) is 0. The summed E-state index contributed by atoms with van der Waals surface area (Å²) in [5, 5.41) is 0.506. The van der Waals surface area contributed by atoms with Crippen molar-refractivity contribution in [1.82, 2.24) is 0 Å². The molecular weight excluding hydrogens is 341 g/mol. The fourth-order valence-corrected chi connectivity index (χ4v) is 2.70. The summed E-state index contributed by atoms with van der Waals surface area (Å²) >= 11 is 6.25. The topological polar surface area (TPSA) is 38.5 Å². The Bertz CT molecular complexity index is 692. The molecule has 0 unspecified atom stereocenters. The molecule has 0 aliphatic heterocycles. The fourth-order valence-electron chi connectivity index (χ4n) is 2.40. The molecule has 3 nitrogen and oxygen atoms in total. The number of rotatable bonds is 6. The van der Waals surface area contributed by atoms with Crippen molar-refractivity contribution in [3.05, 3.63) is 53.1 Å². The lowest BCUT2D eigenvalue weighted by Crippen LogP contribution is -2.24. The first-order chi connectivity index (χ1) is 11.3. The molecule has 0 aliphatic rings. The highest BCUT2D eigenvalue weighted by Crippen LogP contribution is 2.30. The Balaban J connectivity index is 2.23. The van der Waals surface area contributed by atoms with E-state index in [-0.39, 0.29) is 5.75 Å². The molecule has 0 saturated carbocycles. The van der Waals surface area contributed by atoms with Gasteiger partial charge in [-0.1, -0.05) is 30.7 Å². The van der Waals surface area contributed by atoms with Crippen molar-refractivity contribution in [3.63, 3.8) is 0 Å². The molecule has 130 valence electrons. The predicted octanol–water partition coefficient (Wildman–Crippen LogP) is 5.24. The van der Waals surface area contributed by atoms with Gasteiger partial charge in [0.05, 0.1) is 10.7 Å². The van der Waals surface area contributed by atoms with Crippen LogP contribution in [0.4, 0.5) is 24.5 Å². The average molecular weight is 359 g/mol. The summed E-state index contributed by atoms with van der Waals surface area (Å²) in [6.07, 6.45) is -3.85. The lowest BCUT2D eigenvalue weighted by Gasteiger charge is -2.26. The zero-order chi connectivity index (χ0) is 17.7. The Kier molecular flexibility index (Phi) is 5.83. The standard InChI is InChI=1S/C17H18ClF3N2O/c1-2-8-23(16-7-6-13(22)10-15(16)18)11-12-4-3-5-14(9-12)24-17(19,20)21/h3-7,9-10H,2,8,11,22H2,1H3. The minimum absolute atomic E-state index is 0.236. The molecule has 0 heterocycles. The maximum atomic E-state index is 12.4. The van der Waals surface area contributed by atoms with Gasteiger partial charge in [0.1, 0.15) is 5.75 Å². The third kappa shape index (κ3) is 5.23. The second kappa shape index (κ2) is 7.66. The van der Waals surface area contributed by atoms with E-state index in [4.69, 9.17) is 17.3 Å². The highest BCUT2D eigenvalue weighted by Gasteiger charge is 2.31. The zero-order valence-electron chi connectivity index (χ0n) is 13.1. The second-order valence-electron chi connectivity index (χ2n) is 5.33. The largest absolute Gasteiger partial charge is 0.573 e. The molecular formula is C17H18ClF3N2O. The number of nitrogens with zero attached hydrogens (tertiary/aromatic N) is 1. The molecule has 2 aromatic carbocycles. The summed E-state index contributed by atoms with van der Waals surface area (Å²) in [5.41, 5.74) is 7.74. The van der Waals surface area contributed by atoms with Crippen LogP contribution in [0.1, 0.15) is 18.9 Å². The van der Waals surface area contributed by atoms with E-state index in [1.807, 2.05) is 17.9 Å². The molecule has 24 heavy (non-hydrogen) atoms. The Labute approximate surface area is 143 Å². The molecule has 0 aromatic heterocycles. The first-order valence-corrected chi connectivity index (χ1v) is 7.81. The molecule has 0 fully saturated rings. The first kappa shape index (κ1) is 18.3. The van der Waals surface area contributed by atoms with E-state index in [1.54, 1.807) is 18.2 Å². The lowest BCUT2D eigenvalue weighted by molar-refractivity contribution is -0.274. The molecule has 0 aliphatic carbocycles. The monoisotopic (exact) mass is 358 g/mol. The van der Waals surface area contributed by atoms with Crippen LogP contribution in [0.15, 0.2) is 42.5 Å². The average Bonchev–Trinajstić information content (AvgIpc) is 2.45. The third-order valence-corrected chi connectivity index (χ3v) is 3.61. The van der Waals surface area contributed by atoms with E-state index in [0.29, 0.717) is 29.4 Å². The third-order valence-electron chi connectivity index (χ3n) is 3.31. The normalized spacial score (nSPS) is 11.4.